The fourth-order valence-electron chi connectivity index (χ4n) is 1.72. The van der Waals surface area contributed by atoms with Crippen LogP contribution in [-0.2, 0) is 17.6 Å². The summed E-state index contributed by atoms with van der Waals surface area (Å²) in [5, 5.41) is 12.5. The van der Waals surface area contributed by atoms with Gasteiger partial charge in [-0.05, 0) is 18.4 Å². The lowest BCUT2D eigenvalue weighted by Gasteiger charge is -2.06. The van der Waals surface area contributed by atoms with Gasteiger partial charge in [-0.1, -0.05) is 55.5 Å². The van der Waals surface area contributed by atoms with Crippen molar-refractivity contribution in [2.75, 3.05) is 5.32 Å². The molecule has 1 N–H and O–H groups in total. The molecule has 0 aliphatic heterocycles. The zero-order chi connectivity index (χ0) is 14.4. The van der Waals surface area contributed by atoms with E-state index in [-0.39, 0.29) is 11.8 Å². The predicted molar refractivity (Wildman–Crippen MR) is 81.8 cm³/mol. The van der Waals surface area contributed by atoms with Crippen molar-refractivity contribution in [1.82, 2.24) is 10.2 Å². The Kier molecular flexibility index (Phi) is 5.24. The smallest absolute Gasteiger partial charge is 0.229 e. The van der Waals surface area contributed by atoms with Crippen LogP contribution in [0.2, 0.25) is 0 Å². The van der Waals surface area contributed by atoms with Gasteiger partial charge in [0.25, 0.3) is 0 Å². The van der Waals surface area contributed by atoms with Gasteiger partial charge in [0.15, 0.2) is 0 Å². The van der Waals surface area contributed by atoms with Crippen LogP contribution < -0.4 is 5.32 Å². The van der Waals surface area contributed by atoms with Gasteiger partial charge in [-0.3, -0.25) is 4.79 Å². The maximum atomic E-state index is 11.8. The molecule has 1 aromatic heterocycles. The number of nitrogens with one attached hydrogen (secondary N) is 1. The summed E-state index contributed by atoms with van der Waals surface area (Å²) in [5.74, 6) is 0.0185. The first-order valence-electron chi connectivity index (χ1n) is 6.86. The van der Waals surface area contributed by atoms with Crippen molar-refractivity contribution in [2.45, 2.75) is 33.1 Å². The van der Waals surface area contributed by atoms with Crippen molar-refractivity contribution in [3.05, 3.63) is 40.9 Å². The first kappa shape index (κ1) is 14.7. The summed E-state index contributed by atoms with van der Waals surface area (Å²) in [5.41, 5.74) is 1.29. The third-order valence-electron chi connectivity index (χ3n) is 3.23. The van der Waals surface area contributed by atoms with Gasteiger partial charge in [-0.15, -0.1) is 10.2 Å². The van der Waals surface area contributed by atoms with Gasteiger partial charge < -0.3 is 5.32 Å². The molecule has 0 spiro atoms. The minimum atomic E-state index is 0.00617. The van der Waals surface area contributed by atoms with Crippen LogP contribution in [0.1, 0.15) is 30.8 Å². The van der Waals surface area contributed by atoms with Crippen LogP contribution in [0.25, 0.3) is 0 Å². The van der Waals surface area contributed by atoms with E-state index < -0.39 is 0 Å². The van der Waals surface area contributed by atoms with Crippen LogP contribution in [0.3, 0.4) is 0 Å². The molecule has 0 bridgehead atoms. The Morgan fingerprint density at radius 1 is 1.25 bits per heavy atom. The highest BCUT2D eigenvalue weighted by Crippen LogP contribution is 2.18. The first-order chi connectivity index (χ1) is 9.69. The summed E-state index contributed by atoms with van der Waals surface area (Å²) in [6.07, 6.45) is 2.61. The van der Waals surface area contributed by atoms with Crippen LogP contribution in [0.4, 0.5) is 5.13 Å². The number of rotatable bonds is 6. The Bertz CT molecular complexity index is 553. The van der Waals surface area contributed by atoms with Crippen LogP contribution >= 0.6 is 11.3 Å². The highest BCUT2D eigenvalue weighted by Gasteiger charge is 2.13. The normalized spacial score (nSPS) is 12.1. The molecule has 0 aliphatic carbocycles. The lowest BCUT2D eigenvalue weighted by atomic mass is 10.1. The molecular formula is C15H19N3OS. The molecule has 20 heavy (non-hydrogen) atoms. The summed E-state index contributed by atoms with van der Waals surface area (Å²) in [6.45, 7) is 3.91. The van der Waals surface area contributed by atoms with Gasteiger partial charge in [0.05, 0.1) is 0 Å². The topological polar surface area (TPSA) is 54.9 Å². The molecule has 0 radical (unpaired) electrons. The number of carbonyl (C=O) groups is 1. The molecule has 2 rings (SSSR count). The van der Waals surface area contributed by atoms with E-state index in [1.807, 2.05) is 32.0 Å². The number of aryl methyl sites for hydroxylation is 2. The summed E-state index contributed by atoms with van der Waals surface area (Å²) in [7, 11) is 0. The van der Waals surface area contributed by atoms with E-state index in [0.29, 0.717) is 5.13 Å². The van der Waals surface area contributed by atoms with Crippen LogP contribution in [0, 0.1) is 5.92 Å². The maximum Gasteiger partial charge on any atom is 0.229 e. The number of hydrogen-bond donors (Lipinski definition) is 1. The van der Waals surface area contributed by atoms with Crippen molar-refractivity contribution >= 4 is 22.4 Å². The second-order valence-corrected chi connectivity index (χ2v) is 5.85. The van der Waals surface area contributed by atoms with Crippen LogP contribution in [-0.4, -0.2) is 16.1 Å². The van der Waals surface area contributed by atoms with Crippen molar-refractivity contribution in [3.8, 4) is 0 Å². The molecule has 2 aromatic rings. The Balaban J connectivity index is 1.88. The molecule has 1 heterocycles. The van der Waals surface area contributed by atoms with E-state index in [0.717, 1.165) is 24.3 Å². The van der Waals surface area contributed by atoms with E-state index in [1.165, 1.54) is 16.9 Å². The fraction of sp³-hybridized carbons (Fsp3) is 0.400. The average Bonchev–Trinajstić information content (AvgIpc) is 2.92. The molecule has 5 heteroatoms. The summed E-state index contributed by atoms with van der Waals surface area (Å²) >= 11 is 1.45. The lowest BCUT2D eigenvalue weighted by molar-refractivity contribution is -0.119. The predicted octanol–water partition coefficient (Wildman–Crippen LogP) is 3.31. The Morgan fingerprint density at radius 3 is 2.70 bits per heavy atom. The first-order valence-corrected chi connectivity index (χ1v) is 7.68. The van der Waals surface area contributed by atoms with Gasteiger partial charge in [-0.25, -0.2) is 0 Å². The fourth-order valence-corrected chi connectivity index (χ4v) is 2.46. The van der Waals surface area contributed by atoms with Gasteiger partial charge in [0.2, 0.25) is 11.0 Å². The summed E-state index contributed by atoms with van der Waals surface area (Å²) < 4.78 is 0. The van der Waals surface area contributed by atoms with E-state index in [2.05, 4.69) is 27.6 Å². The molecule has 1 aromatic carbocycles. The largest absolute Gasteiger partial charge is 0.300 e. The van der Waals surface area contributed by atoms with Crippen LogP contribution in [0.5, 0.6) is 0 Å². The van der Waals surface area contributed by atoms with Gasteiger partial charge in [0, 0.05) is 12.3 Å². The van der Waals surface area contributed by atoms with Gasteiger partial charge in [-0.2, -0.15) is 0 Å². The molecule has 0 saturated heterocycles. The molecule has 1 atom stereocenters. The number of aromatic nitrogens is 2. The highest BCUT2D eigenvalue weighted by atomic mass is 32.1. The number of carbonyl (C=O) groups excluding carboxylic acids is 1. The molecule has 0 unspecified atom stereocenters. The van der Waals surface area contributed by atoms with E-state index in [1.54, 1.807) is 0 Å². The van der Waals surface area contributed by atoms with E-state index >= 15 is 0 Å². The zero-order valence-corrected chi connectivity index (χ0v) is 12.6. The van der Waals surface area contributed by atoms with Crippen molar-refractivity contribution in [2.24, 2.45) is 5.92 Å². The van der Waals surface area contributed by atoms with E-state index in [9.17, 15) is 4.79 Å². The lowest BCUT2D eigenvalue weighted by Crippen LogP contribution is -2.19. The molecule has 1 amide bonds. The van der Waals surface area contributed by atoms with Crippen molar-refractivity contribution in [3.63, 3.8) is 0 Å². The minimum absolute atomic E-state index is 0.00617. The molecular weight excluding hydrogens is 270 g/mol. The Labute approximate surface area is 123 Å². The summed E-state index contributed by atoms with van der Waals surface area (Å²) in [6, 6.07) is 10.3. The molecule has 0 fully saturated rings. The van der Waals surface area contributed by atoms with Gasteiger partial charge >= 0.3 is 0 Å². The monoisotopic (exact) mass is 289 g/mol. The Hall–Kier alpha value is -1.75. The molecule has 4 nitrogen and oxygen atoms in total. The number of hydrogen-bond acceptors (Lipinski definition) is 4. The molecule has 106 valence electrons. The van der Waals surface area contributed by atoms with E-state index in [4.69, 9.17) is 0 Å². The highest BCUT2D eigenvalue weighted by molar-refractivity contribution is 7.15. The standard InChI is InChI=1S/C15H19N3OS/c1-3-11(2)14(19)16-15-18-17-13(20-15)10-9-12-7-5-4-6-8-12/h4-8,11H,3,9-10H2,1-2H3,(H,16,18,19)/t11-/m0/s1. The third kappa shape index (κ3) is 4.13. The van der Waals surface area contributed by atoms with Gasteiger partial charge in [0.1, 0.15) is 5.01 Å². The second-order valence-electron chi connectivity index (χ2n) is 4.79. The van der Waals surface area contributed by atoms with Crippen molar-refractivity contribution in [1.29, 1.82) is 0 Å². The summed E-state index contributed by atoms with van der Waals surface area (Å²) in [4.78, 5) is 11.8. The second kappa shape index (κ2) is 7.14. The SMILES string of the molecule is CC[C@H](C)C(=O)Nc1nnc(CCc2ccccc2)s1. The zero-order valence-electron chi connectivity index (χ0n) is 11.8. The molecule has 0 saturated carbocycles. The maximum absolute atomic E-state index is 11.8. The number of nitrogens with zero attached hydrogens (tertiary/aromatic N) is 2. The quantitative estimate of drug-likeness (QED) is 0.887. The van der Waals surface area contributed by atoms with Crippen molar-refractivity contribution < 1.29 is 4.79 Å². The Morgan fingerprint density at radius 2 is 2.00 bits per heavy atom. The minimum Gasteiger partial charge on any atom is -0.300 e. The number of benzene rings is 1. The molecule has 0 aliphatic rings. The number of anilines is 1. The number of amides is 1. The third-order valence-corrected chi connectivity index (χ3v) is 4.13. The average molecular weight is 289 g/mol. The van der Waals surface area contributed by atoms with Crippen LogP contribution in [0.15, 0.2) is 30.3 Å².